The highest BCUT2D eigenvalue weighted by Crippen LogP contribution is 2.54. The van der Waals surface area contributed by atoms with Gasteiger partial charge in [0.05, 0.1) is 12.5 Å². The van der Waals surface area contributed by atoms with Crippen LogP contribution in [0.15, 0.2) is 12.7 Å². The van der Waals surface area contributed by atoms with Gasteiger partial charge in [-0.2, -0.15) is 39.5 Å². The standard InChI is InChI=1S/C19H27F9O2/c1-3-5-6-7-8-11-14(15(29)30-4-2)12-9-10-13-16(20,21)17(22,23)18(24,25)19(26,27)28/h3,14H,1,4-13H2,2H3. The number of carbonyl (C=O) groups excluding carboxylic acids is 1. The van der Waals surface area contributed by atoms with Gasteiger partial charge < -0.3 is 4.74 Å². The zero-order chi connectivity index (χ0) is 23.6. The molecule has 0 N–H and O–H groups in total. The highest BCUT2D eigenvalue weighted by atomic mass is 19.4. The summed E-state index contributed by atoms with van der Waals surface area (Å²) in [5, 5.41) is 0. The molecule has 0 aliphatic rings. The lowest BCUT2D eigenvalue weighted by molar-refractivity contribution is -0.396. The van der Waals surface area contributed by atoms with Crippen LogP contribution in [0.25, 0.3) is 0 Å². The molecule has 0 heterocycles. The van der Waals surface area contributed by atoms with Gasteiger partial charge >= 0.3 is 29.9 Å². The number of halogens is 9. The monoisotopic (exact) mass is 458 g/mol. The normalized spacial score (nSPS) is 14.5. The van der Waals surface area contributed by atoms with E-state index < -0.39 is 48.7 Å². The van der Waals surface area contributed by atoms with Crippen LogP contribution in [0.4, 0.5) is 39.5 Å². The predicted molar refractivity (Wildman–Crippen MR) is 92.8 cm³/mol. The number of rotatable bonds is 15. The molecule has 1 atom stereocenters. The Morgan fingerprint density at radius 1 is 0.867 bits per heavy atom. The molecule has 0 saturated carbocycles. The van der Waals surface area contributed by atoms with Crippen molar-refractivity contribution in [2.45, 2.75) is 88.7 Å². The minimum absolute atomic E-state index is 0.0302. The van der Waals surface area contributed by atoms with Gasteiger partial charge in [-0.3, -0.25) is 4.79 Å². The number of hydrogen-bond donors (Lipinski definition) is 0. The summed E-state index contributed by atoms with van der Waals surface area (Å²) in [5.74, 6) is -20.3. The molecule has 0 aromatic rings. The van der Waals surface area contributed by atoms with Gasteiger partial charge in [-0.15, -0.1) is 6.58 Å². The highest BCUT2D eigenvalue weighted by Gasteiger charge is 2.81. The molecule has 0 saturated heterocycles. The van der Waals surface area contributed by atoms with E-state index in [1.54, 1.807) is 13.0 Å². The van der Waals surface area contributed by atoms with Gasteiger partial charge in [0.1, 0.15) is 0 Å². The van der Waals surface area contributed by atoms with Crippen LogP contribution in [0.5, 0.6) is 0 Å². The number of carbonyl (C=O) groups is 1. The number of ether oxygens (including phenoxy) is 1. The first-order chi connectivity index (χ1) is 13.7. The molecule has 0 bridgehead atoms. The molecule has 1 unspecified atom stereocenters. The molecule has 0 spiro atoms. The Labute approximate surface area is 169 Å². The van der Waals surface area contributed by atoms with Gasteiger partial charge in [-0.05, 0) is 39.0 Å². The summed E-state index contributed by atoms with van der Waals surface area (Å²) in [4.78, 5) is 11.9. The van der Waals surface area contributed by atoms with Crippen molar-refractivity contribution < 1.29 is 49.0 Å². The van der Waals surface area contributed by atoms with Crippen LogP contribution in [0, 0.1) is 5.92 Å². The van der Waals surface area contributed by atoms with Crippen LogP contribution in [-0.2, 0) is 9.53 Å². The molecular formula is C19H27F9O2. The van der Waals surface area contributed by atoms with Gasteiger partial charge in [0.2, 0.25) is 0 Å². The number of unbranched alkanes of at least 4 members (excludes halogenated alkanes) is 4. The third-order valence-corrected chi connectivity index (χ3v) is 4.58. The summed E-state index contributed by atoms with van der Waals surface area (Å²) in [5.41, 5.74) is 0. The Hall–Kier alpha value is -1.42. The summed E-state index contributed by atoms with van der Waals surface area (Å²) in [7, 11) is 0. The Bertz CT molecular complexity index is 531. The van der Waals surface area contributed by atoms with E-state index in [1.165, 1.54) is 0 Å². The van der Waals surface area contributed by atoms with Crippen molar-refractivity contribution >= 4 is 5.97 Å². The van der Waals surface area contributed by atoms with Crippen molar-refractivity contribution in [1.82, 2.24) is 0 Å². The maximum Gasteiger partial charge on any atom is 0.460 e. The molecule has 0 aromatic carbocycles. The van der Waals surface area contributed by atoms with Crippen molar-refractivity contribution in [2.75, 3.05) is 6.61 Å². The summed E-state index contributed by atoms with van der Waals surface area (Å²) < 4.78 is 120. The first-order valence-electron chi connectivity index (χ1n) is 9.63. The largest absolute Gasteiger partial charge is 0.466 e. The van der Waals surface area contributed by atoms with Crippen molar-refractivity contribution in [3.63, 3.8) is 0 Å². The zero-order valence-corrected chi connectivity index (χ0v) is 16.7. The van der Waals surface area contributed by atoms with E-state index >= 15 is 0 Å². The smallest absolute Gasteiger partial charge is 0.460 e. The van der Waals surface area contributed by atoms with Crippen LogP contribution in [0.3, 0.4) is 0 Å². The Morgan fingerprint density at radius 2 is 1.40 bits per heavy atom. The van der Waals surface area contributed by atoms with Crippen molar-refractivity contribution in [2.24, 2.45) is 5.92 Å². The van der Waals surface area contributed by atoms with E-state index in [9.17, 15) is 44.3 Å². The van der Waals surface area contributed by atoms with E-state index in [0.717, 1.165) is 19.3 Å². The lowest BCUT2D eigenvalue weighted by Crippen LogP contribution is -2.60. The predicted octanol–water partition coefficient (Wildman–Crippen LogP) is 7.33. The van der Waals surface area contributed by atoms with Crippen molar-refractivity contribution in [1.29, 1.82) is 0 Å². The Balaban J connectivity index is 4.82. The SMILES string of the molecule is C=CCCCCCC(CCCCC(F)(F)C(F)(F)C(F)(F)C(F)(F)F)C(=O)OCC. The van der Waals surface area contributed by atoms with E-state index in [0.29, 0.717) is 12.8 Å². The molecule has 0 rings (SSSR count). The maximum atomic E-state index is 13.5. The summed E-state index contributed by atoms with van der Waals surface area (Å²) in [6, 6.07) is 0. The van der Waals surface area contributed by atoms with Gasteiger partial charge in [0.15, 0.2) is 0 Å². The summed E-state index contributed by atoms with van der Waals surface area (Å²) in [6.45, 7) is 5.19. The van der Waals surface area contributed by atoms with Crippen LogP contribution < -0.4 is 0 Å². The topological polar surface area (TPSA) is 26.3 Å². The number of allylic oxidation sites excluding steroid dienone is 1. The first-order valence-corrected chi connectivity index (χ1v) is 9.63. The van der Waals surface area contributed by atoms with Crippen molar-refractivity contribution in [3.8, 4) is 0 Å². The lowest BCUT2D eigenvalue weighted by Gasteiger charge is -2.33. The second kappa shape index (κ2) is 11.8. The van der Waals surface area contributed by atoms with E-state index in [-0.39, 0.29) is 19.4 Å². The van der Waals surface area contributed by atoms with Crippen LogP contribution in [0.2, 0.25) is 0 Å². The fraction of sp³-hybridized carbons (Fsp3) is 0.842. The molecule has 0 aliphatic heterocycles. The van der Waals surface area contributed by atoms with E-state index in [4.69, 9.17) is 4.74 Å². The summed E-state index contributed by atoms with van der Waals surface area (Å²) in [6.07, 6.45) is -4.66. The summed E-state index contributed by atoms with van der Waals surface area (Å²) >= 11 is 0. The molecule has 178 valence electrons. The molecule has 0 aromatic heterocycles. The fourth-order valence-corrected chi connectivity index (χ4v) is 2.80. The lowest BCUT2D eigenvalue weighted by atomic mass is 9.93. The van der Waals surface area contributed by atoms with Gasteiger partial charge in [-0.1, -0.05) is 25.3 Å². The Kier molecular flexibility index (Phi) is 11.3. The molecule has 0 amide bonds. The minimum Gasteiger partial charge on any atom is -0.466 e. The molecule has 0 aliphatic carbocycles. The average molecular weight is 458 g/mol. The van der Waals surface area contributed by atoms with Crippen LogP contribution in [0.1, 0.15) is 64.7 Å². The number of hydrogen-bond acceptors (Lipinski definition) is 2. The minimum atomic E-state index is -6.87. The van der Waals surface area contributed by atoms with Gasteiger partial charge in [0, 0.05) is 6.42 Å². The molecule has 0 radical (unpaired) electrons. The second-order valence-corrected chi connectivity index (χ2v) is 6.97. The second-order valence-electron chi connectivity index (χ2n) is 6.97. The van der Waals surface area contributed by atoms with Gasteiger partial charge in [0.25, 0.3) is 0 Å². The average Bonchev–Trinajstić information content (AvgIpc) is 2.62. The van der Waals surface area contributed by atoms with Crippen LogP contribution >= 0.6 is 0 Å². The molecule has 11 heteroatoms. The molecular weight excluding hydrogens is 431 g/mol. The van der Waals surface area contributed by atoms with E-state index in [1.807, 2.05) is 0 Å². The molecule has 30 heavy (non-hydrogen) atoms. The van der Waals surface area contributed by atoms with E-state index in [2.05, 4.69) is 6.58 Å². The Morgan fingerprint density at radius 3 is 1.87 bits per heavy atom. The highest BCUT2D eigenvalue weighted by molar-refractivity contribution is 5.72. The molecule has 2 nitrogen and oxygen atoms in total. The third-order valence-electron chi connectivity index (χ3n) is 4.58. The first kappa shape index (κ1) is 28.6. The molecule has 0 fully saturated rings. The number of esters is 1. The van der Waals surface area contributed by atoms with Gasteiger partial charge in [-0.25, -0.2) is 0 Å². The van der Waals surface area contributed by atoms with Crippen molar-refractivity contribution in [3.05, 3.63) is 12.7 Å². The zero-order valence-electron chi connectivity index (χ0n) is 16.7. The third kappa shape index (κ3) is 7.68. The maximum absolute atomic E-state index is 13.5. The van der Waals surface area contributed by atoms with Crippen LogP contribution in [-0.4, -0.2) is 36.5 Å². The quantitative estimate of drug-likeness (QED) is 0.111. The fourth-order valence-electron chi connectivity index (χ4n) is 2.80. The number of alkyl halides is 9.